The topological polar surface area (TPSA) is 3.24 Å². The summed E-state index contributed by atoms with van der Waals surface area (Å²) in [6.07, 6.45) is 8.85. The van der Waals surface area contributed by atoms with Gasteiger partial charge in [-0.2, -0.15) is 0 Å². The van der Waals surface area contributed by atoms with E-state index in [4.69, 9.17) is 0 Å². The Morgan fingerprint density at radius 1 is 0.333 bits per heavy atom. The number of para-hydroxylation sites is 1. The van der Waals surface area contributed by atoms with E-state index in [2.05, 4.69) is 278 Å². The summed E-state index contributed by atoms with van der Waals surface area (Å²) in [5.41, 5.74) is 22.6. The molecule has 1 nitrogen and oxygen atoms in total. The van der Waals surface area contributed by atoms with E-state index in [1.807, 2.05) is 0 Å². The summed E-state index contributed by atoms with van der Waals surface area (Å²) in [6, 6.07) is 95.2. The number of hydrogen-bond acceptors (Lipinski definition) is 1. The van der Waals surface area contributed by atoms with Crippen LogP contribution in [0.15, 0.2) is 273 Å². The van der Waals surface area contributed by atoms with Crippen molar-refractivity contribution in [3.63, 3.8) is 0 Å². The number of benzene rings is 10. The van der Waals surface area contributed by atoms with Gasteiger partial charge in [-0.05, 0) is 121 Å². The average Bonchev–Trinajstić information content (AvgIpc) is 3.92. The molecule has 326 valence electrons. The van der Waals surface area contributed by atoms with Gasteiger partial charge in [0.15, 0.2) is 0 Å². The van der Waals surface area contributed by atoms with Crippen molar-refractivity contribution in [1.29, 1.82) is 0 Å². The molecule has 3 aliphatic carbocycles. The Labute approximate surface area is 405 Å². The Kier molecular flexibility index (Phi) is 9.84. The Bertz CT molecular complexity index is 3510. The van der Waals surface area contributed by atoms with Gasteiger partial charge in [-0.3, -0.25) is 0 Å². The van der Waals surface area contributed by atoms with Crippen LogP contribution in [-0.4, -0.2) is 0 Å². The molecule has 13 rings (SSSR count). The smallest absolute Gasteiger partial charge is 0.0714 e. The van der Waals surface area contributed by atoms with Crippen molar-refractivity contribution in [1.82, 2.24) is 0 Å². The third-order valence-electron chi connectivity index (χ3n) is 15.1. The van der Waals surface area contributed by atoms with Gasteiger partial charge in [0.25, 0.3) is 0 Å². The van der Waals surface area contributed by atoms with Crippen LogP contribution in [0.25, 0.3) is 39.0 Å². The van der Waals surface area contributed by atoms with E-state index in [0.29, 0.717) is 0 Å². The molecule has 10 aromatic carbocycles. The highest BCUT2D eigenvalue weighted by Gasteiger charge is 2.48. The summed E-state index contributed by atoms with van der Waals surface area (Å²) in [6.45, 7) is 0. The van der Waals surface area contributed by atoms with Crippen LogP contribution in [0, 0.1) is 0 Å². The van der Waals surface area contributed by atoms with Crippen molar-refractivity contribution in [3.05, 3.63) is 323 Å². The molecule has 0 saturated heterocycles. The van der Waals surface area contributed by atoms with Crippen LogP contribution >= 0.6 is 0 Å². The second kappa shape index (κ2) is 16.7. The van der Waals surface area contributed by atoms with E-state index in [9.17, 15) is 0 Å². The molecule has 0 heterocycles. The fourth-order valence-corrected chi connectivity index (χ4v) is 12.3. The van der Waals surface area contributed by atoms with Gasteiger partial charge in [-0.15, -0.1) is 0 Å². The first-order chi connectivity index (χ1) is 34.3. The van der Waals surface area contributed by atoms with Gasteiger partial charge in [0.05, 0.1) is 22.2 Å². The third kappa shape index (κ3) is 6.24. The minimum absolute atomic E-state index is 0.503. The molecule has 69 heavy (non-hydrogen) atoms. The fourth-order valence-electron chi connectivity index (χ4n) is 12.3. The molecule has 0 saturated carbocycles. The molecule has 0 amide bonds. The first-order valence-electron chi connectivity index (χ1n) is 24.3. The standard InChI is InChI=1S/C68H49N/c1-5-23-48(24-6-1)49-25-21-26-50(47-49)56-33-16-20-41-64(56)69(55-45-43-54(44-46-55)67(51-27-7-2-8-28-51)60-37-17-13-34-57(60)58-35-14-18-38-61(58)67)65-42-22-40-63-66(65)59-36-15-19-39-62(59)68(63,52-29-9-3-10-30-52)53-31-11-4-12-32-53/h1-5,7-23,25-47H,6,24H2. The monoisotopic (exact) mass is 879 g/mol. The Balaban J connectivity index is 1.07. The number of allylic oxidation sites excluding steroid dienone is 4. The zero-order valence-corrected chi connectivity index (χ0v) is 38.3. The van der Waals surface area contributed by atoms with Gasteiger partial charge in [0.1, 0.15) is 0 Å². The summed E-state index contributed by atoms with van der Waals surface area (Å²) in [7, 11) is 0. The van der Waals surface area contributed by atoms with Gasteiger partial charge >= 0.3 is 0 Å². The summed E-state index contributed by atoms with van der Waals surface area (Å²) >= 11 is 0. The van der Waals surface area contributed by atoms with E-state index < -0.39 is 10.8 Å². The zero-order chi connectivity index (χ0) is 45.8. The van der Waals surface area contributed by atoms with Crippen molar-refractivity contribution in [2.75, 3.05) is 4.90 Å². The molecule has 0 unspecified atom stereocenters. The molecule has 10 aromatic rings. The van der Waals surface area contributed by atoms with E-state index in [1.54, 1.807) is 0 Å². The lowest BCUT2D eigenvalue weighted by Gasteiger charge is -2.35. The van der Waals surface area contributed by atoms with Crippen molar-refractivity contribution in [2.45, 2.75) is 23.7 Å². The largest absolute Gasteiger partial charge is 0.309 e. The highest BCUT2D eigenvalue weighted by Crippen LogP contribution is 2.61. The molecular weight excluding hydrogens is 831 g/mol. The molecule has 0 fully saturated rings. The van der Waals surface area contributed by atoms with Crippen LogP contribution in [-0.2, 0) is 10.8 Å². The molecule has 0 radical (unpaired) electrons. The van der Waals surface area contributed by atoms with Crippen molar-refractivity contribution in [2.24, 2.45) is 0 Å². The van der Waals surface area contributed by atoms with E-state index in [0.717, 1.165) is 29.9 Å². The minimum atomic E-state index is -0.540. The highest BCUT2D eigenvalue weighted by molar-refractivity contribution is 6.00. The normalized spacial score (nSPS) is 14.5. The average molecular weight is 880 g/mol. The Morgan fingerprint density at radius 3 is 1.38 bits per heavy atom. The molecule has 3 aliphatic rings. The van der Waals surface area contributed by atoms with Gasteiger partial charge in [-0.25, -0.2) is 0 Å². The maximum atomic E-state index is 2.54. The highest BCUT2D eigenvalue weighted by atomic mass is 15.1. The van der Waals surface area contributed by atoms with Crippen molar-refractivity contribution >= 4 is 22.6 Å². The number of rotatable bonds is 9. The third-order valence-corrected chi connectivity index (χ3v) is 15.1. The molecular formula is C68H49N. The van der Waals surface area contributed by atoms with Crippen LogP contribution < -0.4 is 4.90 Å². The summed E-state index contributed by atoms with van der Waals surface area (Å²) in [4.78, 5) is 2.54. The molecule has 0 aromatic heterocycles. The van der Waals surface area contributed by atoms with Crippen molar-refractivity contribution < 1.29 is 0 Å². The van der Waals surface area contributed by atoms with Gasteiger partial charge in [0.2, 0.25) is 0 Å². The van der Waals surface area contributed by atoms with Gasteiger partial charge in [-0.1, -0.05) is 243 Å². The summed E-state index contributed by atoms with van der Waals surface area (Å²) < 4.78 is 0. The van der Waals surface area contributed by atoms with Crippen LogP contribution in [0.5, 0.6) is 0 Å². The summed E-state index contributed by atoms with van der Waals surface area (Å²) in [5.74, 6) is 0. The van der Waals surface area contributed by atoms with Gasteiger partial charge < -0.3 is 4.90 Å². The van der Waals surface area contributed by atoms with Crippen LogP contribution in [0.4, 0.5) is 17.1 Å². The lowest BCUT2D eigenvalue weighted by molar-refractivity contribution is 0.768. The maximum Gasteiger partial charge on any atom is 0.0714 e. The number of nitrogens with zero attached hydrogens (tertiary/aromatic N) is 1. The SMILES string of the molecule is C1=CCCC(c2cccc(-c3ccccc3N(c3ccc(C4(c5ccccc5)c5ccccc5-c5ccccc54)cc3)c3cccc4c3-c3ccccc3C4(c3ccccc3)c3ccccc3)c2)=C1. The second-order valence-electron chi connectivity index (χ2n) is 18.6. The second-order valence-corrected chi connectivity index (χ2v) is 18.6. The molecule has 0 N–H and O–H groups in total. The first-order valence-corrected chi connectivity index (χ1v) is 24.3. The minimum Gasteiger partial charge on any atom is -0.309 e. The molecule has 0 atom stereocenters. The predicted octanol–water partition coefficient (Wildman–Crippen LogP) is 17.3. The molecule has 0 bridgehead atoms. The number of hydrogen-bond donors (Lipinski definition) is 0. The van der Waals surface area contributed by atoms with Crippen molar-refractivity contribution in [3.8, 4) is 33.4 Å². The lowest BCUT2D eigenvalue weighted by atomic mass is 9.67. The van der Waals surface area contributed by atoms with Crippen LogP contribution in [0.3, 0.4) is 0 Å². The van der Waals surface area contributed by atoms with E-state index >= 15 is 0 Å². The van der Waals surface area contributed by atoms with E-state index in [-0.39, 0.29) is 0 Å². The quantitative estimate of drug-likeness (QED) is 0.140. The predicted molar refractivity (Wildman–Crippen MR) is 288 cm³/mol. The molecule has 0 spiro atoms. The number of anilines is 3. The Morgan fingerprint density at radius 2 is 0.783 bits per heavy atom. The van der Waals surface area contributed by atoms with E-state index in [1.165, 1.54) is 89.0 Å². The van der Waals surface area contributed by atoms with Crippen LogP contribution in [0.2, 0.25) is 0 Å². The Hall–Kier alpha value is -8.52. The maximum absolute atomic E-state index is 2.54. The number of fused-ring (bicyclic) bond motifs is 6. The fraction of sp³-hybridized carbons (Fsp3) is 0.0588. The molecule has 1 heteroatoms. The lowest BCUT2D eigenvalue weighted by Crippen LogP contribution is -2.28. The van der Waals surface area contributed by atoms with Gasteiger partial charge in [0, 0.05) is 16.8 Å². The first kappa shape index (κ1) is 40.7. The molecule has 0 aliphatic heterocycles. The van der Waals surface area contributed by atoms with Crippen LogP contribution in [0.1, 0.15) is 62.9 Å². The summed E-state index contributed by atoms with van der Waals surface area (Å²) in [5, 5.41) is 0. The zero-order valence-electron chi connectivity index (χ0n) is 38.3.